The van der Waals surface area contributed by atoms with Crippen molar-refractivity contribution in [2.24, 2.45) is 5.92 Å². The van der Waals surface area contributed by atoms with E-state index in [0.717, 1.165) is 18.4 Å². The van der Waals surface area contributed by atoms with Crippen molar-refractivity contribution in [2.45, 2.75) is 37.1 Å². The molecule has 0 radical (unpaired) electrons. The highest BCUT2D eigenvalue weighted by Crippen LogP contribution is 2.39. The number of ether oxygens (including phenoxy) is 2. The lowest BCUT2D eigenvalue weighted by atomic mass is 9.82. The molecule has 1 aliphatic heterocycles. The van der Waals surface area contributed by atoms with Gasteiger partial charge in [-0.25, -0.2) is 0 Å². The summed E-state index contributed by atoms with van der Waals surface area (Å²) in [6, 6.07) is 8.42. The van der Waals surface area contributed by atoms with E-state index in [9.17, 15) is 4.79 Å². The molecule has 130 valence electrons. The summed E-state index contributed by atoms with van der Waals surface area (Å²) in [5, 5.41) is 3.36. The number of likely N-dealkylation sites (N-methyl/N-ethyl adjacent to an activating group) is 1. The summed E-state index contributed by atoms with van der Waals surface area (Å²) in [4.78, 5) is 12.6. The van der Waals surface area contributed by atoms with Crippen LogP contribution in [-0.4, -0.2) is 32.8 Å². The normalized spacial score (nSPS) is 21.0. The van der Waals surface area contributed by atoms with Gasteiger partial charge in [-0.15, -0.1) is 0 Å². The van der Waals surface area contributed by atoms with Gasteiger partial charge in [0.25, 0.3) is 0 Å². The van der Waals surface area contributed by atoms with Gasteiger partial charge in [0.1, 0.15) is 6.61 Å². The van der Waals surface area contributed by atoms with E-state index in [0.29, 0.717) is 19.1 Å². The molecule has 3 rings (SSSR count). The minimum Gasteiger partial charge on any atom is -0.461 e. The van der Waals surface area contributed by atoms with Gasteiger partial charge in [0.15, 0.2) is 0 Å². The summed E-state index contributed by atoms with van der Waals surface area (Å²) in [5.74, 6) is 0.105. The SMILES string of the molecule is C=CCOC(=O)C(c1ccc(C2(NC)COC2)cc1)C1CCCC1. The first-order valence-corrected chi connectivity index (χ1v) is 8.85. The van der Waals surface area contributed by atoms with Crippen LogP contribution < -0.4 is 5.32 Å². The number of hydrogen-bond acceptors (Lipinski definition) is 4. The second kappa shape index (κ2) is 7.49. The van der Waals surface area contributed by atoms with E-state index in [1.54, 1.807) is 6.08 Å². The van der Waals surface area contributed by atoms with Gasteiger partial charge in [0.2, 0.25) is 0 Å². The third kappa shape index (κ3) is 3.26. The fourth-order valence-electron chi connectivity index (χ4n) is 3.89. The molecule has 2 aliphatic rings. The first-order chi connectivity index (χ1) is 11.7. The Morgan fingerprint density at radius 2 is 2.04 bits per heavy atom. The number of carbonyl (C=O) groups excluding carboxylic acids is 1. The number of nitrogens with one attached hydrogen (secondary N) is 1. The van der Waals surface area contributed by atoms with E-state index >= 15 is 0 Å². The Morgan fingerprint density at radius 1 is 1.38 bits per heavy atom. The Labute approximate surface area is 144 Å². The van der Waals surface area contributed by atoms with Crippen LogP contribution in [0.15, 0.2) is 36.9 Å². The van der Waals surface area contributed by atoms with Crippen LogP contribution in [0.1, 0.15) is 42.7 Å². The predicted octanol–water partition coefficient (Wildman–Crippen LogP) is 3.13. The molecule has 0 aromatic heterocycles. The van der Waals surface area contributed by atoms with Gasteiger partial charge in [-0.3, -0.25) is 4.79 Å². The standard InChI is InChI=1S/C20H27NO3/c1-3-12-24-19(22)18(15-6-4-5-7-15)16-8-10-17(11-9-16)20(21-2)13-23-14-20/h3,8-11,15,18,21H,1,4-7,12-14H2,2H3. The molecule has 1 atom stereocenters. The molecule has 1 N–H and O–H groups in total. The largest absolute Gasteiger partial charge is 0.461 e. The van der Waals surface area contributed by atoms with Gasteiger partial charge in [0, 0.05) is 0 Å². The van der Waals surface area contributed by atoms with Gasteiger partial charge in [0.05, 0.1) is 24.7 Å². The van der Waals surface area contributed by atoms with E-state index in [4.69, 9.17) is 9.47 Å². The fraction of sp³-hybridized carbons (Fsp3) is 0.550. The lowest BCUT2D eigenvalue weighted by Crippen LogP contribution is -2.56. The number of hydrogen-bond donors (Lipinski definition) is 1. The molecule has 1 unspecified atom stereocenters. The van der Waals surface area contributed by atoms with Gasteiger partial charge < -0.3 is 14.8 Å². The van der Waals surface area contributed by atoms with Crippen molar-refractivity contribution in [3.05, 3.63) is 48.0 Å². The second-order valence-electron chi connectivity index (χ2n) is 6.89. The molecule has 1 aromatic rings. The molecule has 0 spiro atoms. The minimum absolute atomic E-state index is 0.0786. The second-order valence-corrected chi connectivity index (χ2v) is 6.89. The maximum absolute atomic E-state index is 12.6. The van der Waals surface area contributed by atoms with Crippen molar-refractivity contribution >= 4 is 5.97 Å². The zero-order valence-electron chi connectivity index (χ0n) is 14.4. The smallest absolute Gasteiger partial charge is 0.314 e. The van der Waals surface area contributed by atoms with E-state index in [1.165, 1.54) is 18.4 Å². The van der Waals surface area contributed by atoms with Crippen LogP contribution in [0, 0.1) is 5.92 Å². The Bertz CT molecular complexity index is 566. The Kier molecular flexibility index (Phi) is 5.36. The molecular formula is C20H27NO3. The molecule has 1 saturated carbocycles. The van der Waals surface area contributed by atoms with Gasteiger partial charge in [-0.05, 0) is 36.9 Å². The summed E-state index contributed by atoms with van der Waals surface area (Å²) >= 11 is 0. The van der Waals surface area contributed by atoms with Crippen molar-refractivity contribution < 1.29 is 14.3 Å². The minimum atomic E-state index is -0.162. The third-order valence-corrected chi connectivity index (χ3v) is 5.47. The average Bonchev–Trinajstić information content (AvgIpc) is 3.08. The first kappa shape index (κ1) is 17.2. The molecule has 1 saturated heterocycles. The molecule has 24 heavy (non-hydrogen) atoms. The van der Waals surface area contributed by atoms with Gasteiger partial charge in [-0.2, -0.15) is 0 Å². The average molecular weight is 329 g/mol. The van der Waals surface area contributed by atoms with Gasteiger partial charge >= 0.3 is 5.97 Å². The molecule has 4 nitrogen and oxygen atoms in total. The number of carbonyl (C=O) groups is 1. The molecule has 1 heterocycles. The van der Waals surface area contributed by atoms with Crippen LogP contribution in [0.3, 0.4) is 0 Å². The van der Waals surface area contributed by atoms with Crippen molar-refractivity contribution in [3.63, 3.8) is 0 Å². The third-order valence-electron chi connectivity index (χ3n) is 5.47. The van der Waals surface area contributed by atoms with E-state index in [2.05, 4.69) is 36.2 Å². The topological polar surface area (TPSA) is 47.6 Å². The predicted molar refractivity (Wildman–Crippen MR) is 93.9 cm³/mol. The number of benzene rings is 1. The van der Waals surface area contributed by atoms with Crippen molar-refractivity contribution in [3.8, 4) is 0 Å². The van der Waals surface area contributed by atoms with Gasteiger partial charge in [-0.1, -0.05) is 49.8 Å². The van der Waals surface area contributed by atoms with Crippen LogP contribution in [-0.2, 0) is 19.8 Å². The zero-order valence-corrected chi connectivity index (χ0v) is 14.4. The molecule has 0 amide bonds. The van der Waals surface area contributed by atoms with E-state index < -0.39 is 0 Å². The molecule has 1 aromatic carbocycles. The molecule has 4 heteroatoms. The van der Waals surface area contributed by atoms with Crippen LogP contribution in [0.2, 0.25) is 0 Å². The molecule has 2 fully saturated rings. The summed E-state index contributed by atoms with van der Waals surface area (Å²) in [6.45, 7) is 5.29. The molecule has 1 aliphatic carbocycles. The van der Waals surface area contributed by atoms with Crippen molar-refractivity contribution in [1.82, 2.24) is 5.32 Å². The Balaban J connectivity index is 1.81. The lowest BCUT2D eigenvalue weighted by molar-refractivity contribution is -0.145. The van der Waals surface area contributed by atoms with E-state index in [-0.39, 0.29) is 24.0 Å². The quantitative estimate of drug-likeness (QED) is 0.617. The molecule has 0 bridgehead atoms. The Morgan fingerprint density at radius 3 is 2.54 bits per heavy atom. The molecular weight excluding hydrogens is 302 g/mol. The zero-order chi connectivity index (χ0) is 17.0. The Hall–Kier alpha value is -1.65. The van der Waals surface area contributed by atoms with Crippen LogP contribution in [0.4, 0.5) is 0 Å². The summed E-state index contributed by atoms with van der Waals surface area (Å²) in [6.07, 6.45) is 6.23. The van der Waals surface area contributed by atoms with E-state index in [1.807, 2.05) is 7.05 Å². The monoisotopic (exact) mass is 329 g/mol. The summed E-state index contributed by atoms with van der Waals surface area (Å²) in [5.41, 5.74) is 2.20. The highest BCUT2D eigenvalue weighted by Gasteiger charge is 2.39. The van der Waals surface area contributed by atoms with Crippen LogP contribution in [0.5, 0.6) is 0 Å². The maximum Gasteiger partial charge on any atom is 0.314 e. The lowest BCUT2D eigenvalue weighted by Gasteiger charge is -2.41. The fourth-order valence-corrected chi connectivity index (χ4v) is 3.89. The highest BCUT2D eigenvalue weighted by atomic mass is 16.5. The van der Waals surface area contributed by atoms with Crippen molar-refractivity contribution in [2.75, 3.05) is 26.9 Å². The summed E-state index contributed by atoms with van der Waals surface area (Å²) < 4.78 is 10.8. The highest BCUT2D eigenvalue weighted by molar-refractivity contribution is 5.78. The van der Waals surface area contributed by atoms with Crippen LogP contribution in [0.25, 0.3) is 0 Å². The van der Waals surface area contributed by atoms with Crippen molar-refractivity contribution in [1.29, 1.82) is 0 Å². The maximum atomic E-state index is 12.6. The number of rotatable bonds is 7. The van der Waals surface area contributed by atoms with Crippen LogP contribution >= 0.6 is 0 Å². The number of esters is 1. The summed E-state index contributed by atoms with van der Waals surface area (Å²) in [7, 11) is 1.96. The first-order valence-electron chi connectivity index (χ1n) is 8.85.